The summed E-state index contributed by atoms with van der Waals surface area (Å²) < 4.78 is 9.24. The molecule has 2 aromatic heterocycles. The van der Waals surface area contributed by atoms with Crippen LogP contribution in [0.3, 0.4) is 0 Å². The van der Waals surface area contributed by atoms with E-state index in [-0.39, 0.29) is 18.3 Å². The van der Waals surface area contributed by atoms with Crippen molar-refractivity contribution in [3.63, 3.8) is 0 Å². The number of halogens is 2. The Hall–Kier alpha value is -2.42. The number of benzene rings is 2. The van der Waals surface area contributed by atoms with Crippen LogP contribution in [0, 0.1) is 0 Å². The highest BCUT2D eigenvalue weighted by Gasteiger charge is 2.21. The monoisotopic (exact) mass is 506 g/mol. The summed E-state index contributed by atoms with van der Waals surface area (Å²) in [7, 11) is 1.61. The Kier molecular flexibility index (Phi) is 7.47. The predicted molar refractivity (Wildman–Crippen MR) is 126 cm³/mol. The van der Waals surface area contributed by atoms with Crippen LogP contribution in [0.2, 0.25) is 0 Å². The molecule has 0 radical (unpaired) electrons. The number of aromatic nitrogens is 3. The Morgan fingerprint density at radius 1 is 1.23 bits per heavy atom. The molecular weight excluding hydrogens is 488 g/mol. The minimum absolute atomic E-state index is 0. The molecule has 4 aromatic rings. The summed E-state index contributed by atoms with van der Waals surface area (Å²) in [6.45, 7) is 1.34. The standard InChI is InChI=1S/C21H19BrN4O2S.ClH/c1-28-17-6-3-15(4-7-17)20(27)26(11-2-10-25-12-9-23-14-25)21-24-18-8-5-16(22)13-19(18)29-21;/h3-9,12-14H,2,10-11H2,1H3;1H. The average Bonchev–Trinajstić information content (AvgIpc) is 3.40. The van der Waals surface area contributed by atoms with Gasteiger partial charge in [0.2, 0.25) is 0 Å². The Labute approximate surface area is 193 Å². The number of nitrogens with zero attached hydrogens (tertiary/aromatic N) is 4. The molecular formula is C21H20BrClN4O2S. The van der Waals surface area contributed by atoms with Gasteiger partial charge in [0.15, 0.2) is 5.13 Å². The number of rotatable bonds is 7. The van der Waals surface area contributed by atoms with Crippen LogP contribution in [0.15, 0.2) is 65.7 Å². The van der Waals surface area contributed by atoms with E-state index in [1.54, 1.807) is 48.8 Å². The smallest absolute Gasteiger partial charge is 0.260 e. The lowest BCUT2D eigenvalue weighted by atomic mass is 10.2. The molecule has 0 atom stereocenters. The van der Waals surface area contributed by atoms with Crippen LogP contribution in [0.4, 0.5) is 5.13 Å². The molecule has 156 valence electrons. The fourth-order valence-corrected chi connectivity index (χ4v) is 4.55. The SMILES string of the molecule is COc1ccc(C(=O)N(CCCn2ccnc2)c2nc3ccc(Br)cc3s2)cc1.Cl. The Morgan fingerprint density at radius 2 is 2.03 bits per heavy atom. The van der Waals surface area contributed by atoms with E-state index in [1.165, 1.54) is 11.3 Å². The van der Waals surface area contributed by atoms with Gasteiger partial charge in [0.1, 0.15) is 5.75 Å². The molecule has 0 saturated carbocycles. The van der Waals surface area contributed by atoms with Gasteiger partial charge in [0.25, 0.3) is 5.91 Å². The summed E-state index contributed by atoms with van der Waals surface area (Å²) >= 11 is 5.02. The summed E-state index contributed by atoms with van der Waals surface area (Å²) in [5, 5.41) is 0.699. The predicted octanol–water partition coefficient (Wildman–Crippen LogP) is 5.42. The molecule has 1 amide bonds. The molecule has 4 rings (SSSR count). The molecule has 0 N–H and O–H groups in total. The molecule has 0 saturated heterocycles. The topological polar surface area (TPSA) is 60.2 Å². The maximum atomic E-state index is 13.3. The molecule has 30 heavy (non-hydrogen) atoms. The van der Waals surface area contributed by atoms with E-state index in [0.29, 0.717) is 17.2 Å². The molecule has 0 fully saturated rings. The number of hydrogen-bond acceptors (Lipinski definition) is 5. The number of ether oxygens (including phenoxy) is 1. The van der Waals surface area contributed by atoms with E-state index < -0.39 is 0 Å². The van der Waals surface area contributed by atoms with Crippen LogP contribution >= 0.6 is 39.7 Å². The molecule has 0 aliphatic rings. The van der Waals surface area contributed by atoms with Crippen molar-refractivity contribution in [1.82, 2.24) is 14.5 Å². The number of imidazole rings is 1. The van der Waals surface area contributed by atoms with Gasteiger partial charge in [0.05, 0.1) is 23.7 Å². The second kappa shape index (κ2) is 10.1. The van der Waals surface area contributed by atoms with E-state index in [2.05, 4.69) is 20.9 Å². The van der Waals surface area contributed by atoms with E-state index in [4.69, 9.17) is 9.72 Å². The molecule has 0 bridgehead atoms. The van der Waals surface area contributed by atoms with Crippen molar-refractivity contribution in [2.24, 2.45) is 0 Å². The van der Waals surface area contributed by atoms with Crippen molar-refractivity contribution in [1.29, 1.82) is 0 Å². The second-order valence-corrected chi connectivity index (χ2v) is 8.37. The van der Waals surface area contributed by atoms with Gasteiger partial charge < -0.3 is 9.30 Å². The van der Waals surface area contributed by atoms with Gasteiger partial charge in [0, 0.05) is 35.5 Å². The van der Waals surface area contributed by atoms with Crippen LogP contribution in [0.1, 0.15) is 16.8 Å². The zero-order valence-electron chi connectivity index (χ0n) is 16.2. The first kappa shape index (κ1) is 22.3. The van der Waals surface area contributed by atoms with Gasteiger partial charge in [-0.05, 0) is 48.9 Å². The Morgan fingerprint density at radius 3 is 2.73 bits per heavy atom. The van der Waals surface area contributed by atoms with Crippen molar-refractivity contribution in [2.45, 2.75) is 13.0 Å². The Balaban J connectivity index is 0.00000256. The lowest BCUT2D eigenvalue weighted by molar-refractivity contribution is 0.0986. The molecule has 9 heteroatoms. The lowest BCUT2D eigenvalue weighted by Crippen LogP contribution is -2.32. The second-order valence-electron chi connectivity index (χ2n) is 6.45. The molecule has 2 heterocycles. The fraction of sp³-hybridized carbons (Fsp3) is 0.190. The highest BCUT2D eigenvalue weighted by Crippen LogP contribution is 2.32. The number of amides is 1. The van der Waals surface area contributed by atoms with E-state index in [0.717, 1.165) is 33.4 Å². The zero-order chi connectivity index (χ0) is 20.2. The molecule has 0 aliphatic heterocycles. The van der Waals surface area contributed by atoms with Crippen molar-refractivity contribution in [2.75, 3.05) is 18.6 Å². The van der Waals surface area contributed by atoms with E-state index in [9.17, 15) is 4.79 Å². The zero-order valence-corrected chi connectivity index (χ0v) is 19.4. The van der Waals surface area contributed by atoms with Crippen LogP contribution in [0.25, 0.3) is 10.2 Å². The third-order valence-electron chi connectivity index (χ3n) is 4.51. The van der Waals surface area contributed by atoms with Crippen molar-refractivity contribution in [3.05, 3.63) is 71.2 Å². The minimum atomic E-state index is -0.0728. The van der Waals surface area contributed by atoms with Crippen LogP contribution in [-0.2, 0) is 6.54 Å². The Bertz CT molecular complexity index is 1120. The number of carbonyl (C=O) groups is 1. The first-order valence-electron chi connectivity index (χ1n) is 9.12. The van der Waals surface area contributed by atoms with Crippen molar-refractivity contribution < 1.29 is 9.53 Å². The number of thiazole rings is 1. The number of aryl methyl sites for hydroxylation is 1. The van der Waals surface area contributed by atoms with Crippen LogP contribution in [0.5, 0.6) is 5.75 Å². The van der Waals surface area contributed by atoms with Crippen LogP contribution < -0.4 is 9.64 Å². The maximum absolute atomic E-state index is 13.3. The maximum Gasteiger partial charge on any atom is 0.260 e. The van der Waals surface area contributed by atoms with Crippen molar-refractivity contribution >= 4 is 60.9 Å². The molecule has 6 nitrogen and oxygen atoms in total. The average molecular weight is 508 g/mol. The largest absolute Gasteiger partial charge is 0.497 e. The summed E-state index contributed by atoms with van der Waals surface area (Å²) in [5.41, 5.74) is 1.49. The molecule has 2 aromatic carbocycles. The first-order chi connectivity index (χ1) is 14.1. The number of carbonyl (C=O) groups excluding carboxylic acids is 1. The van der Waals surface area contributed by atoms with E-state index in [1.807, 2.05) is 29.0 Å². The molecule has 0 aliphatic carbocycles. The third-order valence-corrected chi connectivity index (χ3v) is 6.04. The van der Waals surface area contributed by atoms with Crippen molar-refractivity contribution in [3.8, 4) is 5.75 Å². The number of hydrogen-bond donors (Lipinski definition) is 0. The molecule has 0 unspecified atom stereocenters. The fourth-order valence-electron chi connectivity index (χ4n) is 3.01. The van der Waals surface area contributed by atoms with Gasteiger partial charge in [-0.3, -0.25) is 9.69 Å². The summed E-state index contributed by atoms with van der Waals surface area (Å²) in [6, 6.07) is 13.1. The van der Waals surface area contributed by atoms with E-state index >= 15 is 0 Å². The van der Waals surface area contributed by atoms with Gasteiger partial charge >= 0.3 is 0 Å². The number of fused-ring (bicyclic) bond motifs is 1. The van der Waals surface area contributed by atoms with Crippen LogP contribution in [-0.4, -0.2) is 34.1 Å². The third kappa shape index (κ3) is 5.00. The summed E-state index contributed by atoms with van der Waals surface area (Å²) in [5.74, 6) is 0.648. The minimum Gasteiger partial charge on any atom is -0.497 e. The van der Waals surface area contributed by atoms with Gasteiger partial charge in [-0.15, -0.1) is 12.4 Å². The quantitative estimate of drug-likeness (QED) is 0.335. The van der Waals surface area contributed by atoms with Gasteiger partial charge in [-0.1, -0.05) is 27.3 Å². The number of anilines is 1. The lowest BCUT2D eigenvalue weighted by Gasteiger charge is -2.20. The summed E-state index contributed by atoms with van der Waals surface area (Å²) in [4.78, 5) is 23.8. The highest BCUT2D eigenvalue weighted by atomic mass is 79.9. The molecule has 0 spiro atoms. The normalized spacial score (nSPS) is 10.6. The number of methoxy groups -OCH3 is 1. The van der Waals surface area contributed by atoms with Gasteiger partial charge in [-0.25, -0.2) is 9.97 Å². The van der Waals surface area contributed by atoms with Gasteiger partial charge in [-0.2, -0.15) is 0 Å². The summed E-state index contributed by atoms with van der Waals surface area (Å²) in [6.07, 6.45) is 6.25. The highest BCUT2D eigenvalue weighted by molar-refractivity contribution is 9.10. The first-order valence-corrected chi connectivity index (χ1v) is 10.7.